The Hall–Kier alpha value is -2.86. The second kappa shape index (κ2) is 7.80. The number of carbonyl (C=O) groups excluding carboxylic acids is 2. The van der Waals surface area contributed by atoms with Crippen molar-refractivity contribution in [1.29, 1.82) is 0 Å². The Morgan fingerprint density at radius 1 is 0.852 bits per heavy atom. The number of amides is 3. The van der Waals surface area contributed by atoms with Crippen molar-refractivity contribution in [1.82, 2.24) is 15.1 Å². The molecular formula is C21H24N4O2. The van der Waals surface area contributed by atoms with Gasteiger partial charge in [-0.2, -0.15) is 0 Å². The Bertz CT molecular complexity index is 788. The molecule has 1 unspecified atom stereocenters. The number of nitrogens with zero attached hydrogens (tertiary/aromatic N) is 3. The maximum Gasteiger partial charge on any atom is 0.325 e. The van der Waals surface area contributed by atoms with Crippen LogP contribution < -0.4 is 10.2 Å². The highest BCUT2D eigenvalue weighted by atomic mass is 16.2. The Morgan fingerprint density at radius 2 is 1.48 bits per heavy atom. The van der Waals surface area contributed by atoms with E-state index in [2.05, 4.69) is 27.2 Å². The maximum absolute atomic E-state index is 12.7. The highest BCUT2D eigenvalue weighted by Crippen LogP contribution is 2.17. The number of para-hydroxylation sites is 1. The van der Waals surface area contributed by atoms with E-state index in [1.54, 1.807) is 0 Å². The van der Waals surface area contributed by atoms with E-state index in [1.807, 2.05) is 48.5 Å². The predicted octanol–water partition coefficient (Wildman–Crippen LogP) is 1.93. The number of imide groups is 1. The predicted molar refractivity (Wildman–Crippen MR) is 104 cm³/mol. The summed E-state index contributed by atoms with van der Waals surface area (Å²) in [5.41, 5.74) is 2.27. The standard InChI is InChI=1S/C21H24N4O2/c26-20-19(15-17-7-3-1-4-8-17)22-21(27)25(20)16-23-11-13-24(14-12-23)18-9-5-2-6-10-18/h1-10,19H,11-16H2,(H,22,27). The molecule has 2 aliphatic rings. The lowest BCUT2D eigenvalue weighted by molar-refractivity contribution is -0.129. The summed E-state index contributed by atoms with van der Waals surface area (Å²) in [5.74, 6) is -0.130. The third-order valence-electron chi connectivity index (χ3n) is 5.22. The summed E-state index contributed by atoms with van der Waals surface area (Å²) in [6.07, 6.45) is 0.531. The molecule has 2 aromatic carbocycles. The largest absolute Gasteiger partial charge is 0.369 e. The average Bonchev–Trinajstić information content (AvgIpc) is 2.97. The Labute approximate surface area is 159 Å². The highest BCUT2D eigenvalue weighted by molar-refractivity contribution is 6.04. The quantitative estimate of drug-likeness (QED) is 0.824. The number of carbonyl (C=O) groups is 2. The van der Waals surface area contributed by atoms with E-state index in [1.165, 1.54) is 10.6 Å². The summed E-state index contributed by atoms with van der Waals surface area (Å²) >= 11 is 0. The molecular weight excluding hydrogens is 340 g/mol. The first kappa shape index (κ1) is 17.5. The molecule has 2 heterocycles. The van der Waals surface area contributed by atoms with Crippen molar-refractivity contribution in [3.05, 3.63) is 66.2 Å². The van der Waals surface area contributed by atoms with E-state index >= 15 is 0 Å². The number of hydrogen-bond acceptors (Lipinski definition) is 4. The van der Waals surface area contributed by atoms with Crippen LogP contribution in [-0.4, -0.2) is 60.6 Å². The molecule has 1 N–H and O–H groups in total. The van der Waals surface area contributed by atoms with Crippen LogP contribution in [0, 0.1) is 0 Å². The summed E-state index contributed by atoms with van der Waals surface area (Å²) in [5, 5.41) is 2.83. The van der Waals surface area contributed by atoms with Crippen LogP contribution in [-0.2, 0) is 11.2 Å². The lowest BCUT2D eigenvalue weighted by atomic mass is 10.1. The zero-order chi connectivity index (χ0) is 18.6. The minimum Gasteiger partial charge on any atom is -0.369 e. The monoisotopic (exact) mass is 364 g/mol. The molecule has 2 aliphatic heterocycles. The number of rotatable bonds is 5. The van der Waals surface area contributed by atoms with Gasteiger partial charge in [0.15, 0.2) is 0 Å². The summed E-state index contributed by atoms with van der Waals surface area (Å²) in [7, 11) is 0. The van der Waals surface area contributed by atoms with Crippen molar-refractivity contribution in [2.45, 2.75) is 12.5 Å². The molecule has 4 rings (SSSR count). The van der Waals surface area contributed by atoms with Gasteiger partial charge in [-0.1, -0.05) is 48.5 Å². The van der Waals surface area contributed by atoms with E-state index in [9.17, 15) is 9.59 Å². The number of anilines is 1. The minimum atomic E-state index is -0.467. The van der Waals surface area contributed by atoms with Gasteiger partial charge < -0.3 is 10.2 Å². The van der Waals surface area contributed by atoms with E-state index in [-0.39, 0.29) is 11.9 Å². The minimum absolute atomic E-state index is 0.130. The normalized spacial score (nSPS) is 20.8. The van der Waals surface area contributed by atoms with Crippen molar-refractivity contribution < 1.29 is 9.59 Å². The fourth-order valence-electron chi connectivity index (χ4n) is 3.69. The van der Waals surface area contributed by atoms with Gasteiger partial charge in [-0.15, -0.1) is 0 Å². The van der Waals surface area contributed by atoms with E-state index < -0.39 is 6.04 Å². The molecule has 27 heavy (non-hydrogen) atoms. The summed E-state index contributed by atoms with van der Waals surface area (Å²) < 4.78 is 0. The van der Waals surface area contributed by atoms with Gasteiger partial charge >= 0.3 is 6.03 Å². The van der Waals surface area contributed by atoms with Gasteiger partial charge in [0.1, 0.15) is 6.04 Å². The number of piperazine rings is 1. The third-order valence-corrected chi connectivity index (χ3v) is 5.22. The number of hydrogen-bond donors (Lipinski definition) is 1. The van der Waals surface area contributed by atoms with Gasteiger partial charge in [-0.3, -0.25) is 9.69 Å². The Balaban J connectivity index is 1.32. The third kappa shape index (κ3) is 3.95. The topological polar surface area (TPSA) is 55.9 Å². The molecule has 6 heteroatoms. The van der Waals surface area contributed by atoms with E-state index in [0.29, 0.717) is 13.1 Å². The first-order valence-corrected chi connectivity index (χ1v) is 9.39. The Kier molecular flexibility index (Phi) is 5.07. The second-order valence-corrected chi connectivity index (χ2v) is 7.04. The SMILES string of the molecule is O=C1NC(Cc2ccccc2)C(=O)N1CN1CCN(c2ccccc2)CC1. The van der Waals surface area contributed by atoms with Crippen LogP contribution in [0.1, 0.15) is 5.56 Å². The van der Waals surface area contributed by atoms with Crippen LogP contribution in [0.4, 0.5) is 10.5 Å². The summed E-state index contributed by atoms with van der Waals surface area (Å²) in [4.78, 5) is 30.8. The van der Waals surface area contributed by atoms with Crippen molar-refractivity contribution >= 4 is 17.6 Å². The number of benzene rings is 2. The zero-order valence-electron chi connectivity index (χ0n) is 15.3. The van der Waals surface area contributed by atoms with Gasteiger partial charge in [-0.25, -0.2) is 9.69 Å². The highest BCUT2D eigenvalue weighted by Gasteiger charge is 2.38. The van der Waals surface area contributed by atoms with Crippen LogP contribution in [0.25, 0.3) is 0 Å². The van der Waals surface area contributed by atoms with Crippen LogP contribution >= 0.6 is 0 Å². The van der Waals surface area contributed by atoms with Gasteiger partial charge in [0.25, 0.3) is 5.91 Å². The molecule has 3 amide bonds. The molecule has 2 fully saturated rings. The summed E-state index contributed by atoms with van der Waals surface area (Å²) in [6.45, 7) is 3.80. The molecule has 2 saturated heterocycles. The van der Waals surface area contributed by atoms with Crippen molar-refractivity contribution in [2.24, 2.45) is 0 Å². The molecule has 0 aromatic heterocycles. The van der Waals surface area contributed by atoms with Gasteiger partial charge in [-0.05, 0) is 17.7 Å². The van der Waals surface area contributed by atoms with Crippen LogP contribution in [0.2, 0.25) is 0 Å². The molecule has 0 spiro atoms. The molecule has 2 aromatic rings. The summed E-state index contributed by atoms with van der Waals surface area (Å²) in [6, 6.07) is 19.4. The first-order valence-electron chi connectivity index (χ1n) is 9.39. The molecule has 6 nitrogen and oxygen atoms in total. The van der Waals surface area contributed by atoms with Crippen molar-refractivity contribution in [2.75, 3.05) is 37.7 Å². The lowest BCUT2D eigenvalue weighted by Crippen LogP contribution is -2.51. The molecule has 0 aliphatic carbocycles. The maximum atomic E-state index is 12.7. The van der Waals surface area contributed by atoms with E-state index in [4.69, 9.17) is 0 Å². The zero-order valence-corrected chi connectivity index (χ0v) is 15.3. The van der Waals surface area contributed by atoms with Crippen molar-refractivity contribution in [3.63, 3.8) is 0 Å². The molecule has 1 atom stereocenters. The number of nitrogens with one attached hydrogen (secondary N) is 1. The second-order valence-electron chi connectivity index (χ2n) is 7.04. The molecule has 0 saturated carbocycles. The first-order chi connectivity index (χ1) is 13.2. The Morgan fingerprint density at radius 3 is 2.15 bits per heavy atom. The average molecular weight is 364 g/mol. The van der Waals surface area contributed by atoms with Gasteiger partial charge in [0.05, 0.1) is 6.67 Å². The molecule has 140 valence electrons. The van der Waals surface area contributed by atoms with Gasteiger partial charge in [0.2, 0.25) is 0 Å². The van der Waals surface area contributed by atoms with Gasteiger partial charge in [0, 0.05) is 38.3 Å². The van der Waals surface area contributed by atoms with Crippen LogP contribution in [0.5, 0.6) is 0 Å². The fraction of sp³-hybridized carbons (Fsp3) is 0.333. The lowest BCUT2D eigenvalue weighted by Gasteiger charge is -2.37. The molecule has 0 radical (unpaired) electrons. The number of urea groups is 1. The van der Waals surface area contributed by atoms with Crippen LogP contribution in [0.15, 0.2) is 60.7 Å². The van der Waals surface area contributed by atoms with Crippen LogP contribution in [0.3, 0.4) is 0 Å². The molecule has 0 bridgehead atoms. The smallest absolute Gasteiger partial charge is 0.325 e. The fourth-order valence-corrected chi connectivity index (χ4v) is 3.69. The van der Waals surface area contributed by atoms with Crippen molar-refractivity contribution in [3.8, 4) is 0 Å². The van der Waals surface area contributed by atoms with E-state index in [0.717, 1.165) is 31.7 Å².